The van der Waals surface area contributed by atoms with Crippen LogP contribution in [-0.2, 0) is 23.8 Å². The van der Waals surface area contributed by atoms with Gasteiger partial charge >= 0.3 is 0 Å². The van der Waals surface area contributed by atoms with Gasteiger partial charge in [0.2, 0.25) is 5.91 Å². The molecule has 13 heteroatoms. The number of anilines is 1. The first kappa shape index (κ1) is 29.0. The van der Waals surface area contributed by atoms with Crippen LogP contribution in [-0.4, -0.2) is 57.4 Å². The number of aromatic nitrogens is 2. The number of carbonyl (C=O) groups excluding carboxylic acids is 2. The van der Waals surface area contributed by atoms with E-state index in [2.05, 4.69) is 21.9 Å². The first-order valence-corrected chi connectivity index (χ1v) is 12.1. The van der Waals surface area contributed by atoms with Crippen molar-refractivity contribution in [1.29, 1.82) is 0 Å². The average Bonchev–Trinajstić information content (AvgIpc) is 3.35. The number of amides is 2. The van der Waals surface area contributed by atoms with Gasteiger partial charge in [0, 0.05) is 29.9 Å². The van der Waals surface area contributed by atoms with Crippen LogP contribution in [0.1, 0.15) is 60.3 Å². The van der Waals surface area contributed by atoms with Crippen molar-refractivity contribution in [3.05, 3.63) is 58.1 Å². The van der Waals surface area contributed by atoms with Crippen molar-refractivity contribution in [2.75, 3.05) is 18.8 Å². The van der Waals surface area contributed by atoms with Crippen molar-refractivity contribution >= 4 is 34.9 Å². The monoisotopic (exact) mass is 553 g/mol. The van der Waals surface area contributed by atoms with Crippen molar-refractivity contribution in [2.45, 2.75) is 51.4 Å². The van der Waals surface area contributed by atoms with Gasteiger partial charge in [-0.05, 0) is 29.2 Å². The topological polar surface area (TPSA) is 132 Å². The second-order valence-electron chi connectivity index (χ2n) is 10.0. The summed E-state index contributed by atoms with van der Waals surface area (Å²) in [5, 5.41) is 2.88. The van der Waals surface area contributed by atoms with E-state index in [1.807, 2.05) is 20.8 Å². The summed E-state index contributed by atoms with van der Waals surface area (Å²) in [6.45, 7) is 8.67. The van der Waals surface area contributed by atoms with Crippen LogP contribution in [0.2, 0.25) is 5.02 Å². The number of alkyl halides is 3. The van der Waals surface area contributed by atoms with E-state index < -0.39 is 41.8 Å². The Labute approximate surface area is 223 Å². The summed E-state index contributed by atoms with van der Waals surface area (Å²) >= 11 is 6.33. The maximum Gasteiger partial charge on any atom is 0.282 e. The molecule has 9 nitrogen and oxygen atoms in total. The lowest BCUT2D eigenvalue weighted by molar-refractivity contribution is -0.125. The van der Waals surface area contributed by atoms with Crippen LogP contribution in [0.3, 0.4) is 0 Å². The maximum absolute atomic E-state index is 14.4. The van der Waals surface area contributed by atoms with Gasteiger partial charge < -0.3 is 26.3 Å². The van der Waals surface area contributed by atoms with Crippen LogP contribution in [0.5, 0.6) is 0 Å². The number of imidazole rings is 1. The molecule has 1 aromatic carbocycles. The Morgan fingerprint density at radius 2 is 2.00 bits per heavy atom. The molecule has 2 atom stereocenters. The van der Waals surface area contributed by atoms with Crippen molar-refractivity contribution in [3.63, 3.8) is 0 Å². The molecule has 3 rings (SSSR count). The van der Waals surface area contributed by atoms with Crippen LogP contribution in [0, 0.1) is 0 Å². The minimum atomic E-state index is -3.08. The maximum atomic E-state index is 14.4. The molecule has 1 aliphatic heterocycles. The molecule has 2 aromatic rings. The summed E-state index contributed by atoms with van der Waals surface area (Å²) in [6.07, 6.45) is -3.62. The predicted molar refractivity (Wildman–Crippen MR) is 140 cm³/mol. The zero-order valence-electron chi connectivity index (χ0n) is 21.6. The van der Waals surface area contributed by atoms with Crippen LogP contribution in [0.15, 0.2) is 29.8 Å². The van der Waals surface area contributed by atoms with Crippen LogP contribution >= 0.6 is 11.6 Å². The van der Waals surface area contributed by atoms with Gasteiger partial charge in [-0.25, -0.2) is 18.2 Å². The van der Waals surface area contributed by atoms with E-state index in [-0.39, 0.29) is 36.7 Å². The summed E-state index contributed by atoms with van der Waals surface area (Å²) in [6, 6.07) is 2.23. The van der Waals surface area contributed by atoms with Gasteiger partial charge in [-0.15, -0.1) is 0 Å². The summed E-state index contributed by atoms with van der Waals surface area (Å²) < 4.78 is 43.2. The molecular formula is C25H31ClF3N7O2. The van der Waals surface area contributed by atoms with E-state index in [0.717, 1.165) is 16.2 Å². The highest BCUT2D eigenvalue weighted by atomic mass is 35.5. The Balaban J connectivity index is 1.87. The van der Waals surface area contributed by atoms with Gasteiger partial charge in [-0.1, -0.05) is 39.0 Å². The third-order valence-electron chi connectivity index (χ3n) is 6.30. The normalized spacial score (nSPS) is 18.2. The molecule has 0 spiro atoms. The molecule has 206 valence electrons. The molecule has 0 unspecified atom stereocenters. The summed E-state index contributed by atoms with van der Waals surface area (Å²) in [7, 11) is 1.37. The second-order valence-corrected chi connectivity index (χ2v) is 10.4. The van der Waals surface area contributed by atoms with Crippen LogP contribution in [0.4, 0.5) is 18.9 Å². The third kappa shape index (κ3) is 5.95. The quantitative estimate of drug-likeness (QED) is 0.210. The zero-order chi connectivity index (χ0) is 28.5. The van der Waals surface area contributed by atoms with E-state index in [1.54, 1.807) is 12.1 Å². The number of likely N-dealkylation sites (tertiary alicyclic amines) is 1. The Hall–Kier alpha value is -3.54. The lowest BCUT2D eigenvalue weighted by Gasteiger charge is -2.22. The molecule has 1 aliphatic rings. The molecule has 0 bridgehead atoms. The highest BCUT2D eigenvalue weighted by molar-refractivity contribution is 6.32. The largest absolute Gasteiger partial charge is 0.398 e. The van der Waals surface area contributed by atoms with Gasteiger partial charge in [0.15, 0.2) is 0 Å². The lowest BCUT2D eigenvalue weighted by Crippen LogP contribution is -2.42. The number of amidine groups is 1. The van der Waals surface area contributed by atoms with Crippen LogP contribution in [0.25, 0.3) is 0 Å². The number of nitrogens with one attached hydrogen (secondary N) is 1. The van der Waals surface area contributed by atoms with Gasteiger partial charge in [0.1, 0.15) is 29.2 Å². The summed E-state index contributed by atoms with van der Waals surface area (Å²) in [4.78, 5) is 34.1. The highest BCUT2D eigenvalue weighted by Crippen LogP contribution is 2.33. The molecule has 1 aromatic heterocycles. The van der Waals surface area contributed by atoms with E-state index in [1.165, 1.54) is 11.9 Å². The fraction of sp³-hybridized carbons (Fsp3) is 0.440. The Bertz CT molecular complexity index is 1290. The molecular weight excluding hydrogens is 523 g/mol. The highest BCUT2D eigenvalue weighted by Gasteiger charge is 2.37. The van der Waals surface area contributed by atoms with E-state index >= 15 is 0 Å². The number of nitrogens with two attached hydrogens (primary N) is 2. The number of nitrogen functional groups attached to an aromatic ring is 1. The van der Waals surface area contributed by atoms with Crippen LogP contribution < -0.4 is 16.8 Å². The Kier molecular flexibility index (Phi) is 8.45. The minimum absolute atomic E-state index is 0.0312. The average molecular weight is 554 g/mol. The molecule has 1 saturated heterocycles. The van der Waals surface area contributed by atoms with Crippen molar-refractivity contribution < 1.29 is 22.8 Å². The molecule has 2 heterocycles. The summed E-state index contributed by atoms with van der Waals surface area (Å²) in [5.74, 6) is -1.37. The SMILES string of the molecule is C=CC(=O)N1C[C@H](NC(=O)c2c(C(F)F)nc(CN=C(N)c3cc(C(C)(C)C)c(Cl)cc3N)n2C)[C@@H](F)C1. The lowest BCUT2D eigenvalue weighted by atomic mass is 9.85. The molecule has 1 fully saturated rings. The number of carbonyl (C=O) groups is 2. The standard InChI is InChI=1S/C25H31ClF3N7O2/c1-6-19(37)36-10-15(27)17(11-36)33-24(38)21-20(22(28)29)34-18(35(21)5)9-32-23(31)12-7-13(25(2,3)4)14(26)8-16(12)30/h6-8,15,17,22H,1,9-11,30H2,2-5H3,(H2,31,32)(H,33,38)/t15-,17-/m0/s1. The number of nitrogens with zero attached hydrogens (tertiary/aromatic N) is 4. The minimum Gasteiger partial charge on any atom is -0.398 e. The van der Waals surface area contributed by atoms with Crippen molar-refractivity contribution in [1.82, 2.24) is 19.8 Å². The molecule has 0 radical (unpaired) electrons. The number of hydrogen-bond donors (Lipinski definition) is 3. The van der Waals surface area contributed by atoms with Crippen molar-refractivity contribution in [2.24, 2.45) is 17.8 Å². The van der Waals surface area contributed by atoms with Gasteiger partial charge in [-0.3, -0.25) is 14.6 Å². The van der Waals surface area contributed by atoms with Gasteiger partial charge in [0.25, 0.3) is 12.3 Å². The second kappa shape index (κ2) is 11.1. The van der Waals surface area contributed by atoms with E-state index in [0.29, 0.717) is 16.3 Å². The van der Waals surface area contributed by atoms with E-state index in [9.17, 15) is 22.8 Å². The molecule has 5 N–H and O–H groups in total. The first-order valence-electron chi connectivity index (χ1n) is 11.7. The third-order valence-corrected chi connectivity index (χ3v) is 6.61. The Morgan fingerprint density at radius 3 is 2.58 bits per heavy atom. The Morgan fingerprint density at radius 1 is 1.34 bits per heavy atom. The number of aliphatic imine (C=N–C) groups is 1. The zero-order valence-corrected chi connectivity index (χ0v) is 22.3. The van der Waals surface area contributed by atoms with Crippen molar-refractivity contribution in [3.8, 4) is 0 Å². The molecule has 0 aliphatic carbocycles. The predicted octanol–water partition coefficient (Wildman–Crippen LogP) is 3.26. The fourth-order valence-electron chi connectivity index (χ4n) is 4.20. The van der Waals surface area contributed by atoms with E-state index in [4.69, 9.17) is 23.1 Å². The van der Waals surface area contributed by atoms with Gasteiger partial charge in [-0.2, -0.15) is 0 Å². The number of hydrogen-bond acceptors (Lipinski definition) is 5. The first-order chi connectivity index (χ1) is 17.6. The molecule has 0 saturated carbocycles. The smallest absolute Gasteiger partial charge is 0.282 e. The number of halogens is 4. The fourth-order valence-corrected chi connectivity index (χ4v) is 4.66. The number of rotatable bonds is 7. The molecule has 38 heavy (non-hydrogen) atoms. The number of benzene rings is 1. The summed E-state index contributed by atoms with van der Waals surface area (Å²) in [5.41, 5.74) is 12.3. The van der Waals surface area contributed by atoms with Gasteiger partial charge in [0.05, 0.1) is 19.1 Å². The molecule has 2 amide bonds.